The van der Waals surface area contributed by atoms with Crippen molar-refractivity contribution in [3.8, 4) is 11.3 Å². The van der Waals surface area contributed by atoms with Gasteiger partial charge in [-0.1, -0.05) is 49.2 Å². The SMILES string of the molecule is O=C(Cn1nc(-c2ccccc2)ccc1=O)NCc1ccc(N2CCCCCC2)nc1. The van der Waals surface area contributed by atoms with E-state index in [-0.39, 0.29) is 18.0 Å². The zero-order chi connectivity index (χ0) is 21.5. The number of amides is 1. The summed E-state index contributed by atoms with van der Waals surface area (Å²) in [6.45, 7) is 2.33. The first-order valence-corrected chi connectivity index (χ1v) is 10.8. The Morgan fingerprint density at radius 2 is 1.71 bits per heavy atom. The number of nitrogens with one attached hydrogen (secondary N) is 1. The first kappa shape index (κ1) is 20.8. The standard InChI is InChI=1S/C24H27N5O2/c30-23(18-29-24(31)13-11-21(27-29)20-8-4-3-5-9-20)26-17-19-10-12-22(25-16-19)28-14-6-1-2-7-15-28/h3-5,8-13,16H,1-2,6-7,14-15,17-18H2,(H,26,30). The summed E-state index contributed by atoms with van der Waals surface area (Å²) in [5.74, 6) is 0.724. The highest BCUT2D eigenvalue weighted by Crippen LogP contribution is 2.17. The van der Waals surface area contributed by atoms with Gasteiger partial charge in [0.1, 0.15) is 12.4 Å². The van der Waals surface area contributed by atoms with Gasteiger partial charge < -0.3 is 10.2 Å². The lowest BCUT2D eigenvalue weighted by Gasteiger charge is -2.21. The van der Waals surface area contributed by atoms with Gasteiger partial charge in [-0.05, 0) is 30.5 Å². The summed E-state index contributed by atoms with van der Waals surface area (Å²) in [5, 5.41) is 7.18. The van der Waals surface area contributed by atoms with Gasteiger partial charge in [-0.25, -0.2) is 9.67 Å². The van der Waals surface area contributed by atoms with Gasteiger partial charge in [-0.2, -0.15) is 5.10 Å². The highest BCUT2D eigenvalue weighted by Gasteiger charge is 2.11. The molecule has 1 aromatic carbocycles. The molecule has 31 heavy (non-hydrogen) atoms. The van der Waals surface area contributed by atoms with Crippen molar-refractivity contribution in [1.82, 2.24) is 20.1 Å². The van der Waals surface area contributed by atoms with E-state index < -0.39 is 0 Å². The average molecular weight is 418 g/mol. The minimum Gasteiger partial charge on any atom is -0.357 e. The number of hydrogen-bond donors (Lipinski definition) is 1. The first-order chi connectivity index (χ1) is 15.2. The lowest BCUT2D eigenvalue weighted by atomic mass is 10.1. The molecule has 0 atom stereocenters. The molecule has 1 fully saturated rings. The summed E-state index contributed by atoms with van der Waals surface area (Å²) < 4.78 is 1.19. The van der Waals surface area contributed by atoms with Crippen LogP contribution in [0.2, 0.25) is 0 Å². The summed E-state index contributed by atoms with van der Waals surface area (Å²) in [4.78, 5) is 31.4. The predicted molar refractivity (Wildman–Crippen MR) is 121 cm³/mol. The molecule has 7 nitrogen and oxygen atoms in total. The quantitative estimate of drug-likeness (QED) is 0.667. The van der Waals surface area contributed by atoms with Crippen LogP contribution in [-0.4, -0.2) is 33.8 Å². The average Bonchev–Trinajstić information content (AvgIpc) is 3.10. The number of carbonyl (C=O) groups excluding carboxylic acids is 1. The number of benzene rings is 1. The van der Waals surface area contributed by atoms with Gasteiger partial charge in [0.25, 0.3) is 5.56 Å². The zero-order valence-electron chi connectivity index (χ0n) is 17.5. The molecule has 0 bridgehead atoms. The molecule has 3 heterocycles. The predicted octanol–water partition coefficient (Wildman–Crippen LogP) is 3.00. The third-order valence-electron chi connectivity index (χ3n) is 5.46. The molecule has 1 aliphatic rings. The topological polar surface area (TPSA) is 80.1 Å². The fourth-order valence-corrected chi connectivity index (χ4v) is 3.73. The van der Waals surface area contributed by atoms with Crippen LogP contribution < -0.4 is 15.8 Å². The molecule has 3 aromatic rings. The van der Waals surface area contributed by atoms with Crippen LogP contribution in [-0.2, 0) is 17.9 Å². The molecule has 1 aliphatic heterocycles. The number of hydrogen-bond acceptors (Lipinski definition) is 5. The van der Waals surface area contributed by atoms with Crippen molar-refractivity contribution in [2.24, 2.45) is 0 Å². The normalized spacial score (nSPS) is 14.1. The van der Waals surface area contributed by atoms with Gasteiger partial charge in [0.05, 0.1) is 5.69 Å². The monoisotopic (exact) mass is 417 g/mol. The Labute approximate surface area is 181 Å². The molecule has 0 saturated carbocycles. The van der Waals surface area contributed by atoms with Crippen LogP contribution in [0.5, 0.6) is 0 Å². The molecule has 0 unspecified atom stereocenters. The third kappa shape index (κ3) is 5.57. The van der Waals surface area contributed by atoms with E-state index in [0.717, 1.165) is 30.0 Å². The molecule has 2 aromatic heterocycles. The minimum atomic E-state index is -0.307. The maximum absolute atomic E-state index is 12.4. The van der Waals surface area contributed by atoms with Crippen molar-refractivity contribution in [2.75, 3.05) is 18.0 Å². The van der Waals surface area contributed by atoms with E-state index in [1.54, 1.807) is 12.3 Å². The Bertz CT molecular complexity index is 1060. The van der Waals surface area contributed by atoms with Crippen molar-refractivity contribution in [2.45, 2.75) is 38.8 Å². The molecule has 1 saturated heterocycles. The van der Waals surface area contributed by atoms with E-state index in [4.69, 9.17) is 0 Å². The fraction of sp³-hybridized carbons (Fsp3) is 0.333. The van der Waals surface area contributed by atoms with E-state index in [0.29, 0.717) is 12.2 Å². The molecule has 160 valence electrons. The third-order valence-corrected chi connectivity index (χ3v) is 5.46. The summed E-state index contributed by atoms with van der Waals surface area (Å²) >= 11 is 0. The van der Waals surface area contributed by atoms with E-state index in [2.05, 4.69) is 20.3 Å². The lowest BCUT2D eigenvalue weighted by molar-refractivity contribution is -0.122. The summed E-state index contributed by atoms with van der Waals surface area (Å²) in [6, 6.07) is 16.7. The highest BCUT2D eigenvalue weighted by molar-refractivity contribution is 5.75. The highest BCUT2D eigenvalue weighted by atomic mass is 16.2. The minimum absolute atomic E-state index is 0.126. The van der Waals surface area contributed by atoms with Crippen LogP contribution in [0.3, 0.4) is 0 Å². The van der Waals surface area contributed by atoms with Crippen molar-refractivity contribution in [3.63, 3.8) is 0 Å². The van der Waals surface area contributed by atoms with Crippen LogP contribution in [0, 0.1) is 0 Å². The number of rotatable bonds is 6. The van der Waals surface area contributed by atoms with Crippen LogP contribution in [0.1, 0.15) is 31.2 Å². The number of pyridine rings is 1. The molecule has 0 aliphatic carbocycles. The van der Waals surface area contributed by atoms with Crippen molar-refractivity contribution >= 4 is 11.7 Å². The Hall–Kier alpha value is -3.48. The molecule has 7 heteroatoms. The van der Waals surface area contributed by atoms with E-state index in [9.17, 15) is 9.59 Å². The Kier molecular flexibility index (Phi) is 6.72. The van der Waals surface area contributed by atoms with Gasteiger partial charge in [-0.3, -0.25) is 9.59 Å². The Morgan fingerprint density at radius 3 is 2.42 bits per heavy atom. The van der Waals surface area contributed by atoms with Crippen molar-refractivity contribution < 1.29 is 4.79 Å². The maximum Gasteiger partial charge on any atom is 0.267 e. The molecular weight excluding hydrogens is 390 g/mol. The summed E-state index contributed by atoms with van der Waals surface area (Å²) in [5.41, 5.74) is 2.16. The molecule has 0 spiro atoms. The van der Waals surface area contributed by atoms with Gasteiger partial charge >= 0.3 is 0 Å². The van der Waals surface area contributed by atoms with Crippen molar-refractivity contribution in [1.29, 1.82) is 0 Å². The molecule has 1 amide bonds. The fourth-order valence-electron chi connectivity index (χ4n) is 3.73. The van der Waals surface area contributed by atoms with Crippen LogP contribution >= 0.6 is 0 Å². The first-order valence-electron chi connectivity index (χ1n) is 10.8. The number of carbonyl (C=O) groups is 1. The van der Waals surface area contributed by atoms with Crippen LogP contribution in [0.4, 0.5) is 5.82 Å². The maximum atomic E-state index is 12.4. The molecule has 0 radical (unpaired) electrons. The number of nitrogens with zero attached hydrogens (tertiary/aromatic N) is 4. The zero-order valence-corrected chi connectivity index (χ0v) is 17.5. The smallest absolute Gasteiger partial charge is 0.267 e. The van der Waals surface area contributed by atoms with Crippen molar-refractivity contribution in [3.05, 3.63) is 76.7 Å². The summed E-state index contributed by atoms with van der Waals surface area (Å²) in [6.07, 6.45) is 6.79. The van der Waals surface area contributed by atoms with Gasteiger partial charge in [0, 0.05) is 37.5 Å². The number of anilines is 1. The Balaban J connectivity index is 1.34. The van der Waals surface area contributed by atoms with Gasteiger partial charge in [0.2, 0.25) is 5.91 Å². The lowest BCUT2D eigenvalue weighted by Crippen LogP contribution is -2.33. The molecule has 4 rings (SSSR count). The Morgan fingerprint density at radius 1 is 0.935 bits per heavy atom. The second-order valence-electron chi connectivity index (χ2n) is 7.78. The second-order valence-corrected chi connectivity index (χ2v) is 7.78. The van der Waals surface area contributed by atoms with E-state index in [1.165, 1.54) is 36.4 Å². The molecule has 1 N–H and O–H groups in total. The molecular formula is C24H27N5O2. The summed E-state index contributed by atoms with van der Waals surface area (Å²) in [7, 11) is 0. The second kappa shape index (κ2) is 10.0. The largest absolute Gasteiger partial charge is 0.357 e. The van der Waals surface area contributed by atoms with E-state index >= 15 is 0 Å². The van der Waals surface area contributed by atoms with Crippen LogP contribution in [0.15, 0.2) is 65.6 Å². The van der Waals surface area contributed by atoms with Gasteiger partial charge in [0.15, 0.2) is 0 Å². The van der Waals surface area contributed by atoms with E-state index in [1.807, 2.05) is 42.5 Å². The van der Waals surface area contributed by atoms with Crippen LogP contribution in [0.25, 0.3) is 11.3 Å². The number of aromatic nitrogens is 3. The van der Waals surface area contributed by atoms with Gasteiger partial charge in [-0.15, -0.1) is 0 Å².